The van der Waals surface area contributed by atoms with Crippen LogP contribution < -0.4 is 15.8 Å². The summed E-state index contributed by atoms with van der Waals surface area (Å²) in [4.78, 5) is 18.5. The minimum absolute atomic E-state index is 0.00886. The number of alkyl carbamates (subject to hydrolysis) is 1. The smallest absolute Gasteiger partial charge is 0.407 e. The average molecular weight is 442 g/mol. The molecule has 0 aliphatic carbocycles. The first-order valence-corrected chi connectivity index (χ1v) is 10.4. The zero-order valence-electron chi connectivity index (χ0n) is 18.3. The third kappa shape index (κ3) is 5.08. The molecule has 1 amide bonds. The Hall–Kier alpha value is -3.40. The Balaban J connectivity index is 1.47. The predicted octanol–water partition coefficient (Wildman–Crippen LogP) is 3.34. The van der Waals surface area contributed by atoms with Crippen molar-refractivity contribution < 1.29 is 18.7 Å². The van der Waals surface area contributed by atoms with Gasteiger partial charge in [-0.15, -0.1) is 0 Å². The Morgan fingerprint density at radius 3 is 2.91 bits per heavy atom. The third-order valence-corrected chi connectivity index (χ3v) is 5.05. The first-order valence-electron chi connectivity index (χ1n) is 10.4. The number of nitrogens with one attached hydrogen (secondary N) is 1. The predicted molar refractivity (Wildman–Crippen MR) is 117 cm³/mol. The van der Waals surface area contributed by atoms with Gasteiger partial charge in [-0.3, -0.25) is 4.90 Å². The summed E-state index contributed by atoms with van der Waals surface area (Å²) in [7, 11) is 0. The summed E-state index contributed by atoms with van der Waals surface area (Å²) in [5.74, 6) is -0.272. The maximum absolute atomic E-state index is 14.2. The van der Waals surface area contributed by atoms with Crippen LogP contribution in [0.3, 0.4) is 0 Å². The van der Waals surface area contributed by atoms with Crippen molar-refractivity contribution in [3.63, 3.8) is 0 Å². The molecular weight excluding hydrogens is 415 g/mol. The molecule has 1 aliphatic rings. The second-order valence-electron chi connectivity index (χ2n) is 8.86. The molecule has 32 heavy (non-hydrogen) atoms. The fourth-order valence-corrected chi connectivity index (χ4v) is 3.70. The van der Waals surface area contributed by atoms with E-state index in [2.05, 4.69) is 20.3 Å². The Labute approximate surface area is 185 Å². The topological polar surface area (TPSA) is 107 Å². The summed E-state index contributed by atoms with van der Waals surface area (Å²) in [5, 5.41) is 7.15. The molecule has 2 aromatic heterocycles. The average Bonchev–Trinajstić information content (AvgIpc) is 3.30. The fourth-order valence-electron chi connectivity index (χ4n) is 3.70. The maximum Gasteiger partial charge on any atom is 0.407 e. The van der Waals surface area contributed by atoms with Crippen LogP contribution in [-0.4, -0.2) is 50.3 Å². The fraction of sp³-hybridized carbons (Fsp3) is 0.409. The van der Waals surface area contributed by atoms with Crippen molar-refractivity contribution in [1.82, 2.24) is 24.8 Å². The van der Waals surface area contributed by atoms with E-state index in [9.17, 15) is 9.18 Å². The molecule has 1 saturated heterocycles. The Bertz CT molecular complexity index is 1130. The molecule has 3 aromatic rings. The number of nitrogens with two attached hydrogens (primary N) is 1. The third-order valence-electron chi connectivity index (χ3n) is 5.05. The van der Waals surface area contributed by atoms with E-state index in [1.807, 2.05) is 33.0 Å². The first kappa shape index (κ1) is 21.8. The largest absolute Gasteiger partial charge is 0.444 e. The number of ether oxygens (including phenoxy) is 2. The summed E-state index contributed by atoms with van der Waals surface area (Å²) >= 11 is 0. The summed E-state index contributed by atoms with van der Waals surface area (Å²) in [6.07, 6.45) is 3.58. The lowest BCUT2D eigenvalue weighted by Gasteiger charge is -2.22. The molecule has 9 nitrogen and oxygen atoms in total. The van der Waals surface area contributed by atoms with E-state index in [4.69, 9.17) is 15.2 Å². The van der Waals surface area contributed by atoms with Crippen molar-refractivity contribution in [2.75, 3.05) is 18.8 Å². The molecule has 1 aliphatic heterocycles. The molecular formula is C22H27FN6O3. The number of hydrogen-bond acceptors (Lipinski definition) is 7. The SMILES string of the molecule is CC(C)(C)OC(=O)NC1CCN(Cc2ccn3ncnc(Oc4ccc(N)cc4F)c23)C1. The van der Waals surface area contributed by atoms with Crippen molar-refractivity contribution >= 4 is 17.3 Å². The molecule has 1 fully saturated rings. The lowest BCUT2D eigenvalue weighted by atomic mass is 10.2. The number of nitrogens with zero attached hydrogens (tertiary/aromatic N) is 4. The van der Waals surface area contributed by atoms with Gasteiger partial charge in [-0.1, -0.05) is 0 Å². The van der Waals surface area contributed by atoms with Gasteiger partial charge in [0, 0.05) is 43.6 Å². The second kappa shape index (κ2) is 8.62. The van der Waals surface area contributed by atoms with Gasteiger partial charge in [-0.05, 0) is 51.0 Å². The van der Waals surface area contributed by atoms with E-state index < -0.39 is 17.5 Å². The molecule has 1 aromatic carbocycles. The molecule has 0 spiro atoms. The summed E-state index contributed by atoms with van der Waals surface area (Å²) < 4.78 is 27.0. The van der Waals surface area contributed by atoms with Gasteiger partial charge in [0.1, 0.15) is 17.4 Å². The van der Waals surface area contributed by atoms with Crippen molar-refractivity contribution in [2.45, 2.75) is 45.4 Å². The van der Waals surface area contributed by atoms with Gasteiger partial charge < -0.3 is 20.5 Å². The second-order valence-corrected chi connectivity index (χ2v) is 8.86. The molecule has 170 valence electrons. The van der Waals surface area contributed by atoms with Crippen molar-refractivity contribution in [3.05, 3.63) is 48.2 Å². The van der Waals surface area contributed by atoms with Gasteiger partial charge >= 0.3 is 6.09 Å². The van der Waals surface area contributed by atoms with Crippen molar-refractivity contribution in [2.24, 2.45) is 0 Å². The molecule has 3 N–H and O–H groups in total. The quantitative estimate of drug-likeness (QED) is 0.584. The normalized spacial score (nSPS) is 16.9. The number of likely N-dealkylation sites (tertiary alicyclic amines) is 1. The van der Waals surface area contributed by atoms with Crippen molar-refractivity contribution in [3.8, 4) is 11.6 Å². The number of nitrogen functional groups attached to an aromatic ring is 1. The number of anilines is 1. The molecule has 1 unspecified atom stereocenters. The molecule has 4 rings (SSSR count). The van der Waals surface area contributed by atoms with Crippen molar-refractivity contribution in [1.29, 1.82) is 0 Å². The molecule has 10 heteroatoms. The lowest BCUT2D eigenvalue weighted by Crippen LogP contribution is -2.40. The minimum atomic E-state index is -0.564. The van der Waals surface area contributed by atoms with Crippen LogP contribution in [0.5, 0.6) is 11.6 Å². The van der Waals surface area contributed by atoms with Crippen LogP contribution in [0.4, 0.5) is 14.9 Å². The molecule has 0 bridgehead atoms. The van der Waals surface area contributed by atoms with Gasteiger partial charge in [0.15, 0.2) is 11.6 Å². The number of benzene rings is 1. The zero-order valence-corrected chi connectivity index (χ0v) is 18.3. The highest BCUT2D eigenvalue weighted by atomic mass is 19.1. The van der Waals surface area contributed by atoms with Crippen LogP contribution in [-0.2, 0) is 11.3 Å². The van der Waals surface area contributed by atoms with E-state index in [0.29, 0.717) is 24.3 Å². The molecule has 3 heterocycles. The first-order chi connectivity index (χ1) is 15.2. The lowest BCUT2D eigenvalue weighted by molar-refractivity contribution is 0.0505. The standard InChI is InChI=1S/C22H27FN6O3/c1-22(2,3)32-21(30)27-16-7-8-28(12-16)11-14-6-9-29-19(14)20(25-13-26-29)31-18-5-4-15(24)10-17(18)23/h4-6,9-10,13,16H,7-8,11-12,24H2,1-3H3,(H,27,30). The number of halogens is 1. The number of carbonyl (C=O) groups excluding carboxylic acids is 1. The highest BCUT2D eigenvalue weighted by Gasteiger charge is 2.27. The van der Waals surface area contributed by atoms with Crippen LogP contribution in [0, 0.1) is 5.82 Å². The van der Waals surface area contributed by atoms with E-state index >= 15 is 0 Å². The van der Waals surface area contributed by atoms with Gasteiger partial charge in [0.25, 0.3) is 0 Å². The number of fused-ring (bicyclic) bond motifs is 1. The minimum Gasteiger partial charge on any atom is -0.444 e. The number of hydrogen-bond donors (Lipinski definition) is 2. The van der Waals surface area contributed by atoms with Crippen LogP contribution in [0.2, 0.25) is 0 Å². The van der Waals surface area contributed by atoms with E-state index in [1.54, 1.807) is 10.6 Å². The number of amides is 1. The van der Waals surface area contributed by atoms with Crippen LogP contribution in [0.25, 0.3) is 5.52 Å². The summed E-state index contributed by atoms with van der Waals surface area (Å²) in [6, 6.07) is 6.19. The Kier molecular flexibility index (Phi) is 5.88. The highest BCUT2D eigenvalue weighted by molar-refractivity contribution is 5.68. The van der Waals surface area contributed by atoms with Gasteiger partial charge in [-0.2, -0.15) is 10.1 Å². The zero-order chi connectivity index (χ0) is 22.9. The number of aromatic nitrogens is 3. The molecule has 0 saturated carbocycles. The molecule has 1 atom stereocenters. The van der Waals surface area contributed by atoms with Gasteiger partial charge in [-0.25, -0.2) is 13.7 Å². The van der Waals surface area contributed by atoms with Crippen LogP contribution in [0.1, 0.15) is 32.8 Å². The number of carbonyl (C=O) groups is 1. The van der Waals surface area contributed by atoms with Crippen LogP contribution >= 0.6 is 0 Å². The van der Waals surface area contributed by atoms with Crippen LogP contribution in [0.15, 0.2) is 36.8 Å². The summed E-state index contributed by atoms with van der Waals surface area (Å²) in [5.41, 5.74) is 7.00. The van der Waals surface area contributed by atoms with E-state index in [-0.39, 0.29) is 17.7 Å². The van der Waals surface area contributed by atoms with Gasteiger partial charge in [0.2, 0.25) is 5.88 Å². The summed E-state index contributed by atoms with van der Waals surface area (Å²) in [6.45, 7) is 7.62. The Morgan fingerprint density at radius 1 is 1.34 bits per heavy atom. The molecule has 0 radical (unpaired) electrons. The van der Waals surface area contributed by atoms with E-state index in [0.717, 1.165) is 18.5 Å². The highest BCUT2D eigenvalue weighted by Crippen LogP contribution is 2.30. The maximum atomic E-state index is 14.2. The monoisotopic (exact) mass is 442 g/mol. The van der Waals surface area contributed by atoms with Gasteiger partial charge in [0.05, 0.1) is 0 Å². The Morgan fingerprint density at radius 2 is 2.16 bits per heavy atom. The van der Waals surface area contributed by atoms with E-state index in [1.165, 1.54) is 18.5 Å². The number of rotatable bonds is 5.